The maximum atomic E-state index is 10.8. The number of aromatic nitrogens is 1. The number of carbonyl (C=O) groups excluding carboxylic acids is 1. The highest BCUT2D eigenvalue weighted by Crippen LogP contribution is 2.31. The normalized spacial score (nSPS) is 12.1. The Morgan fingerprint density at radius 2 is 1.94 bits per heavy atom. The molecule has 1 aromatic heterocycles. The molecule has 0 saturated carbocycles. The van der Waals surface area contributed by atoms with E-state index in [2.05, 4.69) is 24.0 Å². The molecule has 0 saturated heterocycles. The first-order valence-corrected chi connectivity index (χ1v) is 6.30. The van der Waals surface area contributed by atoms with Crippen LogP contribution < -0.4 is 0 Å². The molecule has 1 aromatic carbocycles. The van der Waals surface area contributed by atoms with Crippen LogP contribution in [-0.2, 0) is 4.79 Å². The predicted octanol–water partition coefficient (Wildman–Crippen LogP) is 3.83. The Hall–Kier alpha value is -1.96. The first kappa shape index (κ1) is 12.5. The van der Waals surface area contributed by atoms with Gasteiger partial charge in [-0.05, 0) is 30.0 Å². The number of hydrogen-bond acceptors (Lipinski definition) is 2. The van der Waals surface area contributed by atoms with Gasteiger partial charge in [0.05, 0.1) is 5.69 Å². The largest absolute Gasteiger partial charge is 0.303 e. The van der Waals surface area contributed by atoms with Gasteiger partial charge in [-0.15, -0.1) is 0 Å². The zero-order valence-corrected chi connectivity index (χ0v) is 10.5. The molecule has 1 unspecified atom stereocenters. The van der Waals surface area contributed by atoms with Crippen LogP contribution in [-0.4, -0.2) is 11.3 Å². The Kier molecular flexibility index (Phi) is 4.24. The topological polar surface area (TPSA) is 30.0 Å². The minimum atomic E-state index is 0.278. The molecule has 0 spiro atoms. The van der Waals surface area contributed by atoms with Crippen molar-refractivity contribution in [2.75, 3.05) is 0 Å². The molecule has 1 heterocycles. The average Bonchev–Trinajstić information content (AvgIpc) is 2.46. The summed E-state index contributed by atoms with van der Waals surface area (Å²) in [6.07, 6.45) is 4.33. The van der Waals surface area contributed by atoms with Crippen LogP contribution in [0.2, 0.25) is 0 Å². The third-order valence-corrected chi connectivity index (χ3v) is 3.22. The molecule has 0 fully saturated rings. The summed E-state index contributed by atoms with van der Waals surface area (Å²) in [7, 11) is 0. The van der Waals surface area contributed by atoms with Gasteiger partial charge >= 0.3 is 0 Å². The zero-order valence-electron chi connectivity index (χ0n) is 10.5. The minimum absolute atomic E-state index is 0.278. The smallest absolute Gasteiger partial charge is 0.120 e. The summed E-state index contributed by atoms with van der Waals surface area (Å²) in [5, 5.41) is 0. The van der Waals surface area contributed by atoms with Crippen molar-refractivity contribution < 1.29 is 4.79 Å². The van der Waals surface area contributed by atoms with Crippen LogP contribution in [0.1, 0.15) is 31.2 Å². The Bertz CT molecular complexity index is 508. The summed E-state index contributed by atoms with van der Waals surface area (Å²) in [6.45, 7) is 2.11. The van der Waals surface area contributed by atoms with Crippen LogP contribution in [0.3, 0.4) is 0 Å². The van der Waals surface area contributed by atoms with Crippen molar-refractivity contribution in [2.45, 2.75) is 25.7 Å². The van der Waals surface area contributed by atoms with Gasteiger partial charge in [0, 0.05) is 18.2 Å². The van der Waals surface area contributed by atoms with Crippen LogP contribution in [0.15, 0.2) is 48.7 Å². The number of aldehydes is 1. The van der Waals surface area contributed by atoms with E-state index < -0.39 is 0 Å². The molecule has 0 amide bonds. The van der Waals surface area contributed by atoms with Gasteiger partial charge in [0.1, 0.15) is 6.29 Å². The van der Waals surface area contributed by atoms with E-state index in [0.717, 1.165) is 24.0 Å². The van der Waals surface area contributed by atoms with Crippen LogP contribution in [0.25, 0.3) is 11.3 Å². The maximum absolute atomic E-state index is 10.8. The molecule has 2 nitrogen and oxygen atoms in total. The maximum Gasteiger partial charge on any atom is 0.120 e. The number of benzene rings is 1. The third kappa shape index (κ3) is 2.65. The van der Waals surface area contributed by atoms with Gasteiger partial charge in [0.15, 0.2) is 0 Å². The Morgan fingerprint density at radius 3 is 2.61 bits per heavy atom. The molecule has 2 aromatic rings. The number of pyridine rings is 1. The summed E-state index contributed by atoms with van der Waals surface area (Å²) in [5.41, 5.74) is 3.31. The van der Waals surface area contributed by atoms with E-state index >= 15 is 0 Å². The lowest BCUT2D eigenvalue weighted by Gasteiger charge is -2.16. The number of carbonyl (C=O) groups is 1. The number of rotatable bonds is 5. The van der Waals surface area contributed by atoms with E-state index in [-0.39, 0.29) is 5.92 Å². The van der Waals surface area contributed by atoms with E-state index in [1.807, 2.05) is 30.3 Å². The lowest BCUT2D eigenvalue weighted by Crippen LogP contribution is -2.01. The van der Waals surface area contributed by atoms with Crippen molar-refractivity contribution in [1.82, 2.24) is 4.98 Å². The SMILES string of the molecule is CCC(CC=O)c1ccccc1-c1ccccn1. The minimum Gasteiger partial charge on any atom is -0.303 e. The van der Waals surface area contributed by atoms with E-state index in [1.165, 1.54) is 5.56 Å². The molecule has 0 radical (unpaired) electrons. The molecule has 92 valence electrons. The van der Waals surface area contributed by atoms with Gasteiger partial charge in [-0.2, -0.15) is 0 Å². The lowest BCUT2D eigenvalue weighted by molar-refractivity contribution is -0.108. The van der Waals surface area contributed by atoms with E-state index in [4.69, 9.17) is 0 Å². The lowest BCUT2D eigenvalue weighted by atomic mass is 9.89. The van der Waals surface area contributed by atoms with Gasteiger partial charge in [0.2, 0.25) is 0 Å². The summed E-state index contributed by atoms with van der Waals surface area (Å²) in [4.78, 5) is 15.2. The van der Waals surface area contributed by atoms with E-state index in [0.29, 0.717) is 6.42 Å². The average molecular weight is 239 g/mol. The third-order valence-electron chi connectivity index (χ3n) is 3.22. The second-order valence-electron chi connectivity index (χ2n) is 4.31. The molecular weight excluding hydrogens is 222 g/mol. The van der Waals surface area contributed by atoms with E-state index in [9.17, 15) is 4.79 Å². The Labute approximate surface area is 108 Å². The van der Waals surface area contributed by atoms with Crippen molar-refractivity contribution in [1.29, 1.82) is 0 Å². The van der Waals surface area contributed by atoms with Gasteiger partial charge in [-0.3, -0.25) is 4.98 Å². The highest BCUT2D eigenvalue weighted by molar-refractivity contribution is 5.65. The van der Waals surface area contributed by atoms with Gasteiger partial charge in [-0.1, -0.05) is 37.3 Å². The highest BCUT2D eigenvalue weighted by Gasteiger charge is 2.14. The summed E-state index contributed by atoms with van der Waals surface area (Å²) >= 11 is 0. The van der Waals surface area contributed by atoms with Crippen LogP contribution >= 0.6 is 0 Å². The molecule has 0 aliphatic rings. The Balaban J connectivity index is 2.45. The summed E-state index contributed by atoms with van der Waals surface area (Å²) in [5.74, 6) is 0.278. The fourth-order valence-electron chi connectivity index (χ4n) is 2.24. The zero-order chi connectivity index (χ0) is 12.8. The van der Waals surface area contributed by atoms with Crippen molar-refractivity contribution in [3.63, 3.8) is 0 Å². The molecular formula is C16H17NO. The monoisotopic (exact) mass is 239 g/mol. The Morgan fingerprint density at radius 1 is 1.17 bits per heavy atom. The number of nitrogens with zero attached hydrogens (tertiary/aromatic N) is 1. The molecule has 0 aliphatic carbocycles. The highest BCUT2D eigenvalue weighted by atomic mass is 16.1. The van der Waals surface area contributed by atoms with Crippen molar-refractivity contribution in [3.05, 3.63) is 54.2 Å². The van der Waals surface area contributed by atoms with Gasteiger partial charge in [-0.25, -0.2) is 0 Å². The molecule has 2 heteroatoms. The molecule has 2 rings (SSSR count). The fourth-order valence-corrected chi connectivity index (χ4v) is 2.24. The fraction of sp³-hybridized carbons (Fsp3) is 0.250. The van der Waals surface area contributed by atoms with Crippen molar-refractivity contribution in [2.24, 2.45) is 0 Å². The second-order valence-corrected chi connectivity index (χ2v) is 4.31. The van der Waals surface area contributed by atoms with Crippen molar-refractivity contribution >= 4 is 6.29 Å². The van der Waals surface area contributed by atoms with E-state index in [1.54, 1.807) is 6.20 Å². The predicted molar refractivity (Wildman–Crippen MR) is 73.4 cm³/mol. The quantitative estimate of drug-likeness (QED) is 0.742. The van der Waals surface area contributed by atoms with Gasteiger partial charge < -0.3 is 4.79 Å². The van der Waals surface area contributed by atoms with Crippen LogP contribution in [0.5, 0.6) is 0 Å². The molecule has 0 bridgehead atoms. The van der Waals surface area contributed by atoms with Gasteiger partial charge in [0.25, 0.3) is 0 Å². The first-order chi connectivity index (χ1) is 8.86. The van der Waals surface area contributed by atoms with Crippen molar-refractivity contribution in [3.8, 4) is 11.3 Å². The molecule has 18 heavy (non-hydrogen) atoms. The molecule has 0 N–H and O–H groups in total. The van der Waals surface area contributed by atoms with Crippen LogP contribution in [0, 0.1) is 0 Å². The summed E-state index contributed by atoms with van der Waals surface area (Å²) < 4.78 is 0. The first-order valence-electron chi connectivity index (χ1n) is 6.30. The second kappa shape index (κ2) is 6.10. The summed E-state index contributed by atoms with van der Waals surface area (Å²) in [6, 6.07) is 14.1. The molecule has 0 aliphatic heterocycles. The van der Waals surface area contributed by atoms with Crippen LogP contribution in [0.4, 0.5) is 0 Å². The number of hydrogen-bond donors (Lipinski definition) is 0. The molecule has 1 atom stereocenters. The standard InChI is InChI=1S/C16H17NO/c1-2-13(10-12-18)14-7-3-4-8-15(14)16-9-5-6-11-17-16/h3-9,11-13H,2,10H2,1H3.